The van der Waals surface area contributed by atoms with E-state index in [1.165, 1.54) is 0 Å². The first-order valence-electron chi connectivity index (χ1n) is 4.18. The van der Waals surface area contributed by atoms with Crippen molar-refractivity contribution in [3.8, 4) is 11.8 Å². The standard InChI is InChI=1S/C10H13N3/c1-2-3-4-6-12-9-5-7-13-10(11)8-9/h5,7-8H,4,6H2,1H3,(H3,11,12,13). The van der Waals surface area contributed by atoms with Crippen LogP contribution in [-0.2, 0) is 0 Å². The van der Waals surface area contributed by atoms with E-state index in [4.69, 9.17) is 5.73 Å². The zero-order valence-electron chi connectivity index (χ0n) is 7.67. The number of aromatic nitrogens is 1. The molecule has 0 aliphatic carbocycles. The van der Waals surface area contributed by atoms with Crippen molar-refractivity contribution < 1.29 is 0 Å². The second kappa shape index (κ2) is 5.04. The molecule has 3 nitrogen and oxygen atoms in total. The lowest BCUT2D eigenvalue weighted by Crippen LogP contribution is -2.01. The van der Waals surface area contributed by atoms with E-state index in [-0.39, 0.29) is 0 Å². The minimum absolute atomic E-state index is 0.534. The van der Waals surface area contributed by atoms with Crippen LogP contribution in [0, 0.1) is 11.8 Å². The molecule has 0 unspecified atom stereocenters. The molecule has 1 aromatic rings. The van der Waals surface area contributed by atoms with E-state index in [1.807, 2.05) is 13.0 Å². The molecule has 0 radical (unpaired) electrons. The lowest BCUT2D eigenvalue weighted by molar-refractivity contribution is 1.09. The van der Waals surface area contributed by atoms with Crippen LogP contribution >= 0.6 is 0 Å². The highest BCUT2D eigenvalue weighted by Crippen LogP contribution is 2.08. The summed E-state index contributed by atoms with van der Waals surface area (Å²) in [4.78, 5) is 3.89. The molecule has 0 aliphatic heterocycles. The molecule has 0 atom stereocenters. The van der Waals surface area contributed by atoms with Gasteiger partial charge in [-0.1, -0.05) is 0 Å². The van der Waals surface area contributed by atoms with Crippen molar-refractivity contribution in [2.45, 2.75) is 13.3 Å². The van der Waals surface area contributed by atoms with Crippen LogP contribution in [0.4, 0.5) is 11.5 Å². The lowest BCUT2D eigenvalue weighted by Gasteiger charge is -2.03. The Labute approximate surface area is 78.4 Å². The molecular weight excluding hydrogens is 162 g/mol. The minimum atomic E-state index is 0.534. The number of nitrogens with zero attached hydrogens (tertiary/aromatic N) is 1. The molecule has 0 saturated carbocycles. The molecule has 68 valence electrons. The Morgan fingerprint density at radius 3 is 3.15 bits per heavy atom. The average molecular weight is 175 g/mol. The number of anilines is 2. The number of nitrogens with one attached hydrogen (secondary N) is 1. The van der Waals surface area contributed by atoms with E-state index in [0.29, 0.717) is 5.82 Å². The van der Waals surface area contributed by atoms with Gasteiger partial charge < -0.3 is 11.1 Å². The van der Waals surface area contributed by atoms with Gasteiger partial charge in [0.05, 0.1) is 0 Å². The first-order chi connectivity index (χ1) is 6.33. The number of rotatable bonds is 3. The Bertz CT molecular complexity index is 322. The van der Waals surface area contributed by atoms with Gasteiger partial charge in [-0.3, -0.25) is 0 Å². The van der Waals surface area contributed by atoms with E-state index >= 15 is 0 Å². The summed E-state index contributed by atoms with van der Waals surface area (Å²) < 4.78 is 0. The molecule has 0 aliphatic rings. The van der Waals surface area contributed by atoms with Crippen molar-refractivity contribution in [2.75, 3.05) is 17.6 Å². The van der Waals surface area contributed by atoms with Crippen LogP contribution < -0.4 is 11.1 Å². The normalized spacial score (nSPS) is 8.69. The second-order valence-electron chi connectivity index (χ2n) is 2.57. The molecule has 0 saturated heterocycles. The highest BCUT2D eigenvalue weighted by atomic mass is 14.9. The Balaban J connectivity index is 2.39. The molecule has 3 heteroatoms. The fraction of sp³-hybridized carbons (Fsp3) is 0.300. The van der Waals surface area contributed by atoms with Crippen molar-refractivity contribution in [2.24, 2.45) is 0 Å². The van der Waals surface area contributed by atoms with Gasteiger partial charge in [-0.05, 0) is 13.0 Å². The molecule has 0 spiro atoms. The van der Waals surface area contributed by atoms with Crippen LogP contribution in [0.25, 0.3) is 0 Å². The van der Waals surface area contributed by atoms with Crippen LogP contribution in [0.1, 0.15) is 13.3 Å². The molecule has 0 amide bonds. The topological polar surface area (TPSA) is 50.9 Å². The molecule has 0 bridgehead atoms. The number of nitrogens with two attached hydrogens (primary N) is 1. The van der Waals surface area contributed by atoms with Gasteiger partial charge in [0, 0.05) is 30.9 Å². The third-order valence-electron chi connectivity index (χ3n) is 1.54. The molecule has 13 heavy (non-hydrogen) atoms. The highest BCUT2D eigenvalue weighted by Gasteiger charge is 1.90. The van der Waals surface area contributed by atoms with Gasteiger partial charge in [-0.15, -0.1) is 11.8 Å². The molecular formula is C10H13N3. The fourth-order valence-electron chi connectivity index (χ4n) is 0.953. The van der Waals surface area contributed by atoms with Gasteiger partial charge in [-0.25, -0.2) is 4.98 Å². The summed E-state index contributed by atoms with van der Waals surface area (Å²) in [6.45, 7) is 2.68. The van der Waals surface area contributed by atoms with Crippen LogP contribution in [0.5, 0.6) is 0 Å². The first-order valence-corrected chi connectivity index (χ1v) is 4.18. The van der Waals surface area contributed by atoms with E-state index in [0.717, 1.165) is 18.7 Å². The smallest absolute Gasteiger partial charge is 0.125 e. The Morgan fingerprint density at radius 2 is 2.46 bits per heavy atom. The van der Waals surface area contributed by atoms with Crippen molar-refractivity contribution >= 4 is 11.5 Å². The largest absolute Gasteiger partial charge is 0.384 e. The zero-order valence-corrected chi connectivity index (χ0v) is 7.67. The second-order valence-corrected chi connectivity index (χ2v) is 2.57. The maximum absolute atomic E-state index is 5.51. The Morgan fingerprint density at radius 1 is 1.62 bits per heavy atom. The monoisotopic (exact) mass is 175 g/mol. The van der Waals surface area contributed by atoms with Crippen molar-refractivity contribution in [1.82, 2.24) is 4.98 Å². The summed E-state index contributed by atoms with van der Waals surface area (Å²) in [6, 6.07) is 3.69. The number of pyridine rings is 1. The first kappa shape index (κ1) is 9.40. The quantitative estimate of drug-likeness (QED) is 0.540. The molecule has 1 aromatic heterocycles. The van der Waals surface area contributed by atoms with Gasteiger partial charge in [0.15, 0.2) is 0 Å². The predicted molar refractivity (Wildman–Crippen MR) is 55.2 cm³/mol. The van der Waals surface area contributed by atoms with Crippen LogP contribution in [0.15, 0.2) is 18.3 Å². The van der Waals surface area contributed by atoms with E-state index in [2.05, 4.69) is 22.1 Å². The summed E-state index contributed by atoms with van der Waals surface area (Å²) in [5.74, 6) is 6.35. The summed E-state index contributed by atoms with van der Waals surface area (Å²) in [5.41, 5.74) is 6.50. The summed E-state index contributed by atoms with van der Waals surface area (Å²) in [7, 11) is 0. The lowest BCUT2D eigenvalue weighted by atomic mass is 10.3. The van der Waals surface area contributed by atoms with E-state index in [1.54, 1.807) is 12.3 Å². The van der Waals surface area contributed by atoms with Gasteiger partial charge >= 0.3 is 0 Å². The van der Waals surface area contributed by atoms with Gasteiger partial charge in [0.1, 0.15) is 5.82 Å². The number of hydrogen-bond acceptors (Lipinski definition) is 3. The predicted octanol–water partition coefficient (Wildman–Crippen LogP) is 1.49. The van der Waals surface area contributed by atoms with Crippen LogP contribution in [-0.4, -0.2) is 11.5 Å². The maximum Gasteiger partial charge on any atom is 0.125 e. The summed E-state index contributed by atoms with van der Waals surface area (Å²) >= 11 is 0. The zero-order chi connectivity index (χ0) is 9.52. The third kappa shape index (κ3) is 3.48. The Hall–Kier alpha value is -1.69. The number of hydrogen-bond donors (Lipinski definition) is 2. The fourth-order valence-corrected chi connectivity index (χ4v) is 0.953. The molecule has 0 fully saturated rings. The molecule has 0 aromatic carbocycles. The SMILES string of the molecule is CC#CCCNc1ccnc(N)c1. The van der Waals surface area contributed by atoms with Gasteiger partial charge in [0.25, 0.3) is 0 Å². The van der Waals surface area contributed by atoms with Gasteiger partial charge in [0.2, 0.25) is 0 Å². The van der Waals surface area contributed by atoms with Crippen LogP contribution in [0.2, 0.25) is 0 Å². The third-order valence-corrected chi connectivity index (χ3v) is 1.54. The van der Waals surface area contributed by atoms with Crippen LogP contribution in [0.3, 0.4) is 0 Å². The summed E-state index contributed by atoms with van der Waals surface area (Å²) in [5, 5.41) is 3.20. The minimum Gasteiger partial charge on any atom is -0.384 e. The van der Waals surface area contributed by atoms with Crippen molar-refractivity contribution in [1.29, 1.82) is 0 Å². The van der Waals surface area contributed by atoms with Crippen molar-refractivity contribution in [3.63, 3.8) is 0 Å². The van der Waals surface area contributed by atoms with Crippen molar-refractivity contribution in [3.05, 3.63) is 18.3 Å². The molecule has 3 N–H and O–H groups in total. The maximum atomic E-state index is 5.51. The average Bonchev–Trinajstić information content (AvgIpc) is 2.13. The molecule has 1 rings (SSSR count). The van der Waals surface area contributed by atoms with E-state index < -0.39 is 0 Å². The Kier molecular flexibility index (Phi) is 3.65. The highest BCUT2D eigenvalue weighted by molar-refractivity contribution is 5.49. The molecule has 1 heterocycles. The van der Waals surface area contributed by atoms with Gasteiger partial charge in [-0.2, -0.15) is 0 Å². The number of nitrogen functional groups attached to an aromatic ring is 1. The summed E-state index contributed by atoms with van der Waals surface area (Å²) in [6.07, 6.45) is 2.53. The van der Waals surface area contributed by atoms with E-state index in [9.17, 15) is 0 Å².